The summed E-state index contributed by atoms with van der Waals surface area (Å²) in [5, 5.41) is 4.04. The molecule has 1 N–H and O–H groups in total. The van der Waals surface area contributed by atoms with E-state index in [1.54, 1.807) is 25.1 Å². The lowest BCUT2D eigenvalue weighted by Gasteiger charge is -2.30. The van der Waals surface area contributed by atoms with E-state index in [4.69, 9.17) is 27.9 Å². The molecule has 0 aromatic heterocycles. The van der Waals surface area contributed by atoms with Gasteiger partial charge < -0.3 is 10.1 Å². The number of amides is 1. The number of halogens is 2. The summed E-state index contributed by atoms with van der Waals surface area (Å²) in [7, 11) is 0. The molecular formula is C16H21Cl2NO2. The second-order valence-corrected chi connectivity index (χ2v) is 6.56. The Kier molecular flexibility index (Phi) is 5.77. The van der Waals surface area contributed by atoms with Crippen LogP contribution in [0.25, 0.3) is 0 Å². The van der Waals surface area contributed by atoms with E-state index in [9.17, 15) is 4.79 Å². The fourth-order valence-corrected chi connectivity index (χ4v) is 3.10. The summed E-state index contributed by atoms with van der Waals surface area (Å²) in [5.74, 6) is 0.897. The molecule has 0 saturated heterocycles. The van der Waals surface area contributed by atoms with Crippen molar-refractivity contribution in [2.24, 2.45) is 5.92 Å². The van der Waals surface area contributed by atoms with Crippen molar-refractivity contribution in [2.45, 2.75) is 51.7 Å². The van der Waals surface area contributed by atoms with Gasteiger partial charge >= 0.3 is 0 Å². The molecular weight excluding hydrogens is 309 g/mol. The Balaban J connectivity index is 1.92. The van der Waals surface area contributed by atoms with Crippen LogP contribution in [-0.2, 0) is 4.79 Å². The van der Waals surface area contributed by atoms with Gasteiger partial charge in [0.05, 0.1) is 5.02 Å². The lowest BCUT2D eigenvalue weighted by Crippen LogP contribution is -2.46. The van der Waals surface area contributed by atoms with Crippen LogP contribution in [0.5, 0.6) is 5.75 Å². The van der Waals surface area contributed by atoms with Crippen molar-refractivity contribution in [3.63, 3.8) is 0 Å². The Morgan fingerprint density at radius 2 is 2.05 bits per heavy atom. The summed E-state index contributed by atoms with van der Waals surface area (Å²) in [6.07, 6.45) is 4.05. The van der Waals surface area contributed by atoms with Gasteiger partial charge in [0.15, 0.2) is 6.10 Å². The van der Waals surface area contributed by atoms with E-state index in [0.717, 1.165) is 6.42 Å². The van der Waals surface area contributed by atoms with Gasteiger partial charge in [-0.3, -0.25) is 4.79 Å². The van der Waals surface area contributed by atoms with Gasteiger partial charge in [0.2, 0.25) is 0 Å². The third-order valence-corrected chi connectivity index (χ3v) is 4.54. The smallest absolute Gasteiger partial charge is 0.261 e. The molecule has 1 aromatic carbocycles. The zero-order valence-corrected chi connectivity index (χ0v) is 13.9. The van der Waals surface area contributed by atoms with Crippen LogP contribution in [-0.4, -0.2) is 18.1 Å². The average molecular weight is 330 g/mol. The second-order valence-electron chi connectivity index (χ2n) is 5.71. The number of ether oxygens (including phenoxy) is 1. The molecule has 2 rings (SSSR count). The van der Waals surface area contributed by atoms with Crippen molar-refractivity contribution in [1.82, 2.24) is 5.32 Å². The van der Waals surface area contributed by atoms with Crippen molar-refractivity contribution in [3.8, 4) is 5.75 Å². The van der Waals surface area contributed by atoms with E-state index in [1.165, 1.54) is 19.3 Å². The molecule has 1 saturated carbocycles. The van der Waals surface area contributed by atoms with E-state index in [2.05, 4.69) is 12.2 Å². The van der Waals surface area contributed by atoms with E-state index in [-0.39, 0.29) is 11.9 Å². The van der Waals surface area contributed by atoms with Crippen LogP contribution in [0.2, 0.25) is 10.0 Å². The fraction of sp³-hybridized carbons (Fsp3) is 0.562. The van der Waals surface area contributed by atoms with Crippen molar-refractivity contribution in [3.05, 3.63) is 28.2 Å². The van der Waals surface area contributed by atoms with Crippen LogP contribution in [0.4, 0.5) is 0 Å². The van der Waals surface area contributed by atoms with E-state index in [0.29, 0.717) is 21.7 Å². The largest absolute Gasteiger partial charge is 0.479 e. The number of carbonyl (C=O) groups excluding carboxylic acids is 1. The maximum Gasteiger partial charge on any atom is 0.261 e. The van der Waals surface area contributed by atoms with Crippen LogP contribution < -0.4 is 10.1 Å². The fourth-order valence-electron chi connectivity index (χ4n) is 2.65. The van der Waals surface area contributed by atoms with Crippen LogP contribution in [0.1, 0.15) is 39.5 Å². The molecule has 0 aliphatic heterocycles. The molecule has 3 nitrogen and oxygen atoms in total. The maximum atomic E-state index is 12.2. The van der Waals surface area contributed by atoms with Crippen molar-refractivity contribution >= 4 is 29.1 Å². The Bertz CT molecular complexity index is 507. The zero-order valence-electron chi connectivity index (χ0n) is 12.4. The molecule has 3 atom stereocenters. The predicted octanol–water partition coefficient (Wildman–Crippen LogP) is 4.46. The van der Waals surface area contributed by atoms with Gasteiger partial charge in [0.1, 0.15) is 5.75 Å². The number of hydrogen-bond acceptors (Lipinski definition) is 2. The first-order chi connectivity index (χ1) is 9.97. The molecule has 0 spiro atoms. The van der Waals surface area contributed by atoms with Gasteiger partial charge in [-0.25, -0.2) is 0 Å². The topological polar surface area (TPSA) is 38.3 Å². The van der Waals surface area contributed by atoms with Gasteiger partial charge in [-0.15, -0.1) is 0 Å². The zero-order chi connectivity index (χ0) is 15.4. The molecule has 0 bridgehead atoms. The van der Waals surface area contributed by atoms with Crippen molar-refractivity contribution in [2.75, 3.05) is 0 Å². The summed E-state index contributed by atoms with van der Waals surface area (Å²) in [6, 6.07) is 5.22. The first kappa shape index (κ1) is 16.4. The summed E-state index contributed by atoms with van der Waals surface area (Å²) in [6.45, 7) is 3.92. The highest BCUT2D eigenvalue weighted by Crippen LogP contribution is 2.28. The minimum atomic E-state index is -0.585. The molecule has 1 fully saturated rings. The Hall–Kier alpha value is -0.930. The van der Waals surface area contributed by atoms with Gasteiger partial charge in [0.25, 0.3) is 5.91 Å². The lowest BCUT2D eigenvalue weighted by atomic mass is 9.86. The number of rotatable bonds is 4. The third kappa shape index (κ3) is 4.52. The first-order valence-corrected chi connectivity index (χ1v) is 8.15. The van der Waals surface area contributed by atoms with Gasteiger partial charge in [-0.05, 0) is 43.9 Å². The predicted molar refractivity (Wildman–Crippen MR) is 86.1 cm³/mol. The quantitative estimate of drug-likeness (QED) is 0.885. The Morgan fingerprint density at radius 3 is 2.71 bits per heavy atom. The second kappa shape index (κ2) is 7.37. The SMILES string of the molecule is C[C@@H]1CCCC[C@H]1NC(=O)[C@@H](C)Oc1ccc(Cl)cc1Cl. The Labute approximate surface area is 136 Å². The molecule has 0 unspecified atom stereocenters. The normalized spacial score (nSPS) is 23.4. The summed E-state index contributed by atoms with van der Waals surface area (Å²) in [4.78, 5) is 12.2. The van der Waals surface area contributed by atoms with E-state index in [1.807, 2.05) is 0 Å². The molecule has 1 aliphatic carbocycles. The minimum Gasteiger partial charge on any atom is -0.479 e. The van der Waals surface area contributed by atoms with Gasteiger partial charge in [-0.2, -0.15) is 0 Å². The molecule has 1 aromatic rings. The third-order valence-electron chi connectivity index (χ3n) is 4.01. The minimum absolute atomic E-state index is 0.0974. The highest BCUT2D eigenvalue weighted by Gasteiger charge is 2.25. The summed E-state index contributed by atoms with van der Waals surface area (Å²) in [5.41, 5.74) is 0. The number of carbonyl (C=O) groups is 1. The standard InChI is InChI=1S/C16H21Cl2NO2/c1-10-5-3-4-6-14(10)19-16(20)11(2)21-15-8-7-12(17)9-13(15)18/h7-11,14H,3-6H2,1-2H3,(H,19,20)/t10-,11-,14-/m1/s1. The van der Waals surface area contributed by atoms with Crippen LogP contribution >= 0.6 is 23.2 Å². The molecule has 0 heterocycles. The summed E-state index contributed by atoms with van der Waals surface area (Å²) >= 11 is 11.9. The van der Waals surface area contributed by atoms with Crippen LogP contribution in [0, 0.1) is 5.92 Å². The highest BCUT2D eigenvalue weighted by molar-refractivity contribution is 6.35. The van der Waals surface area contributed by atoms with Gasteiger partial charge in [0, 0.05) is 11.1 Å². The van der Waals surface area contributed by atoms with Crippen molar-refractivity contribution in [1.29, 1.82) is 0 Å². The molecule has 5 heteroatoms. The summed E-state index contributed by atoms with van der Waals surface area (Å²) < 4.78 is 5.64. The van der Waals surface area contributed by atoms with Crippen LogP contribution in [0.3, 0.4) is 0 Å². The van der Waals surface area contributed by atoms with E-state index >= 15 is 0 Å². The maximum absolute atomic E-state index is 12.2. The number of benzene rings is 1. The lowest BCUT2D eigenvalue weighted by molar-refractivity contribution is -0.128. The monoisotopic (exact) mass is 329 g/mol. The van der Waals surface area contributed by atoms with E-state index < -0.39 is 6.10 Å². The molecule has 21 heavy (non-hydrogen) atoms. The number of nitrogens with one attached hydrogen (secondary N) is 1. The van der Waals surface area contributed by atoms with Crippen LogP contribution in [0.15, 0.2) is 18.2 Å². The number of hydrogen-bond donors (Lipinski definition) is 1. The molecule has 1 aliphatic rings. The van der Waals surface area contributed by atoms with Crippen molar-refractivity contribution < 1.29 is 9.53 Å². The molecule has 1 amide bonds. The molecule has 0 radical (unpaired) electrons. The highest BCUT2D eigenvalue weighted by atomic mass is 35.5. The Morgan fingerprint density at radius 1 is 1.33 bits per heavy atom. The molecule has 116 valence electrons. The average Bonchev–Trinajstić information content (AvgIpc) is 2.44. The van der Waals surface area contributed by atoms with Gasteiger partial charge in [-0.1, -0.05) is 43.0 Å². The first-order valence-electron chi connectivity index (χ1n) is 7.39.